The molecule has 0 atom stereocenters. The second kappa shape index (κ2) is 7.48. The van der Waals surface area contributed by atoms with Gasteiger partial charge in [-0.3, -0.25) is 0 Å². The minimum Gasteiger partial charge on any atom is -0.493 e. The molecule has 0 bridgehead atoms. The number of halogens is 1. The monoisotopic (exact) mass is 273 g/mol. The normalized spacial score (nSPS) is 10.2. The lowest BCUT2D eigenvalue weighted by atomic mass is 10.2. The van der Waals surface area contributed by atoms with Crippen molar-refractivity contribution in [3.63, 3.8) is 0 Å². The number of rotatable bonds is 7. The molecule has 0 aliphatic heterocycles. The van der Waals surface area contributed by atoms with Gasteiger partial charge in [0.25, 0.3) is 0 Å². The van der Waals surface area contributed by atoms with Crippen molar-refractivity contribution < 1.29 is 9.47 Å². The highest BCUT2D eigenvalue weighted by Crippen LogP contribution is 2.22. The van der Waals surface area contributed by atoms with Crippen LogP contribution in [0.3, 0.4) is 0 Å². The average Bonchev–Trinajstić information content (AvgIpc) is 2.28. The van der Waals surface area contributed by atoms with Crippen LogP contribution in [-0.2, 0) is 4.74 Å². The summed E-state index contributed by atoms with van der Waals surface area (Å²) in [5, 5.41) is 0.514. The molecule has 17 heavy (non-hydrogen) atoms. The van der Waals surface area contributed by atoms with Gasteiger partial charge in [0.15, 0.2) is 0 Å². The Morgan fingerprint density at radius 2 is 2.18 bits per heavy atom. The van der Waals surface area contributed by atoms with E-state index in [9.17, 15) is 0 Å². The van der Waals surface area contributed by atoms with Crippen LogP contribution in [0.5, 0.6) is 5.75 Å². The molecule has 0 heterocycles. The van der Waals surface area contributed by atoms with Crippen LogP contribution >= 0.6 is 23.8 Å². The Bertz CT molecular complexity index is 385. The van der Waals surface area contributed by atoms with Gasteiger partial charge in [0, 0.05) is 25.2 Å². The molecule has 0 saturated heterocycles. The summed E-state index contributed by atoms with van der Waals surface area (Å²) in [4.78, 5) is 0.290. The molecule has 0 spiro atoms. The van der Waals surface area contributed by atoms with Crippen molar-refractivity contribution in [1.82, 2.24) is 0 Å². The third-order valence-corrected chi connectivity index (χ3v) is 2.64. The number of hydrogen-bond acceptors (Lipinski definition) is 3. The van der Waals surface area contributed by atoms with E-state index >= 15 is 0 Å². The van der Waals surface area contributed by atoms with E-state index in [1.807, 2.05) is 6.92 Å². The number of benzene rings is 1. The predicted molar refractivity (Wildman–Crippen MR) is 73.9 cm³/mol. The fourth-order valence-electron chi connectivity index (χ4n) is 1.28. The molecule has 0 aliphatic rings. The first-order chi connectivity index (χ1) is 8.15. The lowest BCUT2D eigenvalue weighted by molar-refractivity contribution is 0.131. The van der Waals surface area contributed by atoms with Crippen molar-refractivity contribution in [3.05, 3.63) is 28.8 Å². The maximum Gasteiger partial charge on any atom is 0.120 e. The van der Waals surface area contributed by atoms with E-state index < -0.39 is 0 Å². The topological polar surface area (TPSA) is 44.5 Å². The molecule has 1 aromatic rings. The van der Waals surface area contributed by atoms with Crippen LogP contribution in [0.4, 0.5) is 0 Å². The van der Waals surface area contributed by atoms with Gasteiger partial charge in [-0.1, -0.05) is 23.8 Å². The van der Waals surface area contributed by atoms with Crippen molar-refractivity contribution in [1.29, 1.82) is 0 Å². The van der Waals surface area contributed by atoms with Gasteiger partial charge in [-0.2, -0.15) is 0 Å². The number of ether oxygens (including phenoxy) is 2. The minimum absolute atomic E-state index is 0.290. The summed E-state index contributed by atoms with van der Waals surface area (Å²) < 4.78 is 10.7. The second-order valence-electron chi connectivity index (χ2n) is 3.40. The highest BCUT2D eigenvalue weighted by Gasteiger charge is 2.04. The average molecular weight is 274 g/mol. The highest BCUT2D eigenvalue weighted by atomic mass is 35.5. The zero-order chi connectivity index (χ0) is 12.7. The maximum absolute atomic E-state index is 6.01. The molecule has 94 valence electrons. The van der Waals surface area contributed by atoms with Crippen LogP contribution in [0.25, 0.3) is 0 Å². The van der Waals surface area contributed by atoms with Gasteiger partial charge in [0.05, 0.1) is 11.6 Å². The molecule has 1 aromatic carbocycles. The molecular formula is C12H16ClNO2S. The largest absolute Gasteiger partial charge is 0.493 e. The van der Waals surface area contributed by atoms with Crippen molar-refractivity contribution in [2.75, 3.05) is 19.8 Å². The molecule has 0 radical (unpaired) electrons. The van der Waals surface area contributed by atoms with Gasteiger partial charge in [0.2, 0.25) is 0 Å². The molecule has 2 N–H and O–H groups in total. The summed E-state index contributed by atoms with van der Waals surface area (Å²) in [6.07, 6.45) is 0.850. The molecular weight excluding hydrogens is 258 g/mol. The van der Waals surface area contributed by atoms with Gasteiger partial charge in [-0.25, -0.2) is 0 Å². The van der Waals surface area contributed by atoms with Crippen LogP contribution in [0.15, 0.2) is 18.2 Å². The Morgan fingerprint density at radius 3 is 2.76 bits per heavy atom. The van der Waals surface area contributed by atoms with Crippen molar-refractivity contribution in [2.45, 2.75) is 13.3 Å². The summed E-state index contributed by atoms with van der Waals surface area (Å²) in [6, 6.07) is 5.29. The summed E-state index contributed by atoms with van der Waals surface area (Å²) in [5.41, 5.74) is 6.18. The molecule has 0 aromatic heterocycles. The van der Waals surface area contributed by atoms with E-state index in [4.69, 9.17) is 39.0 Å². The Morgan fingerprint density at radius 1 is 1.41 bits per heavy atom. The summed E-state index contributed by atoms with van der Waals surface area (Å²) >= 11 is 10.9. The van der Waals surface area contributed by atoms with Gasteiger partial charge in [-0.05, 0) is 25.1 Å². The molecule has 0 saturated carbocycles. The zero-order valence-corrected chi connectivity index (χ0v) is 11.3. The summed E-state index contributed by atoms with van der Waals surface area (Å²) in [7, 11) is 0. The first-order valence-electron chi connectivity index (χ1n) is 5.45. The summed E-state index contributed by atoms with van der Waals surface area (Å²) in [5.74, 6) is 0.714. The zero-order valence-electron chi connectivity index (χ0n) is 9.74. The van der Waals surface area contributed by atoms with Crippen LogP contribution in [-0.4, -0.2) is 24.8 Å². The van der Waals surface area contributed by atoms with E-state index in [0.29, 0.717) is 29.5 Å². The van der Waals surface area contributed by atoms with E-state index in [0.717, 1.165) is 13.0 Å². The van der Waals surface area contributed by atoms with Crippen LogP contribution in [0, 0.1) is 0 Å². The first kappa shape index (κ1) is 14.2. The van der Waals surface area contributed by atoms with Gasteiger partial charge < -0.3 is 15.2 Å². The third-order valence-electron chi connectivity index (χ3n) is 2.11. The quantitative estimate of drug-likeness (QED) is 0.613. The molecule has 0 unspecified atom stereocenters. The third kappa shape index (κ3) is 4.89. The van der Waals surface area contributed by atoms with E-state index in [1.165, 1.54) is 0 Å². The van der Waals surface area contributed by atoms with Crippen LogP contribution in [0.2, 0.25) is 5.02 Å². The minimum atomic E-state index is 0.290. The van der Waals surface area contributed by atoms with Crippen molar-refractivity contribution >= 4 is 28.8 Å². The van der Waals surface area contributed by atoms with Crippen LogP contribution < -0.4 is 10.5 Å². The van der Waals surface area contributed by atoms with Gasteiger partial charge >= 0.3 is 0 Å². The van der Waals surface area contributed by atoms with Crippen LogP contribution in [0.1, 0.15) is 18.9 Å². The van der Waals surface area contributed by atoms with E-state index in [2.05, 4.69) is 0 Å². The molecule has 0 amide bonds. The standard InChI is InChI=1S/C12H16ClNO2S/c1-2-15-6-3-7-16-9-4-5-10(12(14)17)11(13)8-9/h4-5,8H,2-3,6-7H2,1H3,(H2,14,17). The van der Waals surface area contributed by atoms with Crippen molar-refractivity contribution in [2.24, 2.45) is 5.73 Å². The Balaban J connectivity index is 2.45. The second-order valence-corrected chi connectivity index (χ2v) is 4.25. The van der Waals surface area contributed by atoms with E-state index in [1.54, 1.807) is 18.2 Å². The fourth-order valence-corrected chi connectivity index (χ4v) is 1.79. The predicted octanol–water partition coefficient (Wildman–Crippen LogP) is 2.78. The molecule has 5 heteroatoms. The number of thiocarbonyl (C=S) groups is 1. The SMILES string of the molecule is CCOCCCOc1ccc(C(N)=S)c(Cl)c1. The lowest BCUT2D eigenvalue weighted by Crippen LogP contribution is -2.10. The number of hydrogen-bond donors (Lipinski definition) is 1. The molecule has 0 aliphatic carbocycles. The Kier molecular flexibility index (Phi) is 6.26. The highest BCUT2D eigenvalue weighted by molar-refractivity contribution is 7.80. The Labute approximate surface area is 112 Å². The first-order valence-corrected chi connectivity index (χ1v) is 6.23. The summed E-state index contributed by atoms with van der Waals surface area (Å²) in [6.45, 7) is 4.00. The van der Waals surface area contributed by atoms with Gasteiger partial charge in [-0.15, -0.1) is 0 Å². The Hall–Kier alpha value is -0.840. The molecule has 0 fully saturated rings. The molecule has 1 rings (SSSR count). The number of nitrogens with two attached hydrogens (primary N) is 1. The lowest BCUT2D eigenvalue weighted by Gasteiger charge is -2.08. The van der Waals surface area contributed by atoms with Crippen molar-refractivity contribution in [3.8, 4) is 5.75 Å². The maximum atomic E-state index is 6.01. The van der Waals surface area contributed by atoms with E-state index in [-0.39, 0.29) is 4.99 Å². The smallest absolute Gasteiger partial charge is 0.120 e. The van der Waals surface area contributed by atoms with Gasteiger partial charge in [0.1, 0.15) is 10.7 Å². The fraction of sp³-hybridized carbons (Fsp3) is 0.417. The molecule has 3 nitrogen and oxygen atoms in total.